The van der Waals surface area contributed by atoms with Gasteiger partial charge in [0.2, 0.25) is 0 Å². The Morgan fingerprint density at radius 3 is 2.28 bits per heavy atom. The third kappa shape index (κ3) is 4.87. The molecule has 5 heteroatoms. The molecule has 142 valence electrons. The number of halogens is 1. The van der Waals surface area contributed by atoms with E-state index in [9.17, 15) is 5.11 Å². The summed E-state index contributed by atoms with van der Waals surface area (Å²) < 4.78 is 19.0. The van der Waals surface area contributed by atoms with Gasteiger partial charge in [-0.25, -0.2) is 0 Å². The van der Waals surface area contributed by atoms with Crippen LogP contribution in [0.4, 0.5) is 0 Å². The van der Waals surface area contributed by atoms with E-state index in [0.717, 1.165) is 22.2 Å². The molecule has 1 aliphatic heterocycles. The summed E-state index contributed by atoms with van der Waals surface area (Å²) in [6, 6.07) is 7.83. The first-order chi connectivity index (χ1) is 11.9. The van der Waals surface area contributed by atoms with Gasteiger partial charge in [-0.1, -0.05) is 62.4 Å². The Bertz CT molecular complexity index is 521. The van der Waals surface area contributed by atoms with Crippen LogP contribution in [0, 0.1) is 17.8 Å². The van der Waals surface area contributed by atoms with Gasteiger partial charge in [-0.15, -0.1) is 0 Å². The van der Waals surface area contributed by atoms with Gasteiger partial charge in [0.05, 0.1) is 25.4 Å². The molecular formula is C20H31IO4. The average molecular weight is 462 g/mol. The Morgan fingerprint density at radius 1 is 1.16 bits per heavy atom. The van der Waals surface area contributed by atoms with Crippen molar-refractivity contribution in [1.82, 2.24) is 0 Å². The molecule has 1 fully saturated rings. The van der Waals surface area contributed by atoms with Gasteiger partial charge in [0.25, 0.3) is 0 Å². The van der Waals surface area contributed by atoms with Gasteiger partial charge in [-0.3, -0.25) is 0 Å². The van der Waals surface area contributed by atoms with Crippen molar-refractivity contribution in [2.75, 3.05) is 11.5 Å². The Balaban J connectivity index is 2.27. The van der Waals surface area contributed by atoms with E-state index in [0.29, 0.717) is 5.92 Å². The van der Waals surface area contributed by atoms with Crippen molar-refractivity contribution < 1.29 is 19.3 Å². The summed E-state index contributed by atoms with van der Waals surface area (Å²) in [6.07, 6.45) is 0.0287. The Morgan fingerprint density at radius 2 is 1.76 bits per heavy atom. The lowest BCUT2D eigenvalue weighted by molar-refractivity contribution is -0.292. The highest BCUT2D eigenvalue weighted by Gasteiger charge is 2.43. The molecule has 25 heavy (non-hydrogen) atoms. The predicted molar refractivity (Wildman–Crippen MR) is 108 cm³/mol. The molecule has 1 heterocycles. The lowest BCUT2D eigenvalue weighted by Gasteiger charge is -2.45. The molecule has 0 bridgehead atoms. The number of methoxy groups -OCH3 is 1. The topological polar surface area (TPSA) is 47.9 Å². The summed E-state index contributed by atoms with van der Waals surface area (Å²) in [7, 11) is 1.66. The van der Waals surface area contributed by atoms with E-state index in [1.807, 2.05) is 31.2 Å². The largest absolute Gasteiger partial charge is 0.497 e. The maximum Gasteiger partial charge on any atom is 0.184 e. The minimum atomic E-state index is -0.408. The van der Waals surface area contributed by atoms with Crippen LogP contribution in [0.3, 0.4) is 0 Å². The van der Waals surface area contributed by atoms with Crippen molar-refractivity contribution in [3.05, 3.63) is 29.8 Å². The van der Waals surface area contributed by atoms with Gasteiger partial charge in [0.15, 0.2) is 6.29 Å². The van der Waals surface area contributed by atoms with Gasteiger partial charge in [0.1, 0.15) is 5.75 Å². The molecule has 1 aromatic rings. The Labute approximate surface area is 165 Å². The second-order valence-corrected chi connectivity index (χ2v) is 8.01. The first kappa shape index (κ1) is 20.9. The van der Waals surface area contributed by atoms with Crippen molar-refractivity contribution in [1.29, 1.82) is 0 Å². The number of hydrogen-bond acceptors (Lipinski definition) is 4. The van der Waals surface area contributed by atoms with E-state index in [4.69, 9.17) is 14.2 Å². The van der Waals surface area contributed by atoms with Crippen molar-refractivity contribution in [3.63, 3.8) is 0 Å². The lowest BCUT2D eigenvalue weighted by atomic mass is 9.81. The fourth-order valence-corrected chi connectivity index (χ4v) is 4.11. The first-order valence-electron chi connectivity index (χ1n) is 9.11. The van der Waals surface area contributed by atoms with E-state index >= 15 is 0 Å². The normalized spacial score (nSPS) is 30.5. The fourth-order valence-electron chi connectivity index (χ4n) is 3.60. The quantitative estimate of drug-likeness (QED) is 0.476. The summed E-state index contributed by atoms with van der Waals surface area (Å²) in [6.45, 7) is 8.50. The zero-order chi connectivity index (χ0) is 18.6. The number of rotatable bonds is 7. The van der Waals surface area contributed by atoms with E-state index in [1.165, 1.54) is 0 Å². The Hall–Kier alpha value is -0.370. The van der Waals surface area contributed by atoms with Gasteiger partial charge >= 0.3 is 0 Å². The second-order valence-electron chi connectivity index (χ2n) is 7.13. The van der Waals surface area contributed by atoms with Crippen LogP contribution < -0.4 is 4.74 Å². The molecule has 7 atom stereocenters. The van der Waals surface area contributed by atoms with Crippen LogP contribution in [0.15, 0.2) is 24.3 Å². The molecule has 0 spiro atoms. The minimum absolute atomic E-state index is 0.0359. The molecule has 0 aromatic heterocycles. The summed E-state index contributed by atoms with van der Waals surface area (Å²) in [5.74, 6) is 1.54. The van der Waals surface area contributed by atoms with Gasteiger partial charge < -0.3 is 19.3 Å². The standard InChI is InChI=1S/C20H31IO4/c1-6-17(22)13(3)19-14(4)18(12(2)11-21)24-20(25-19)15-7-9-16(23-5)10-8-15/h7-10,12-14,17-20,22H,6,11H2,1-5H3/t12-,13+,14+,17-,18+,19+,20-/m1/s1. The smallest absolute Gasteiger partial charge is 0.184 e. The predicted octanol–water partition coefficient (Wildman–Crippen LogP) is 4.59. The van der Waals surface area contributed by atoms with Crippen LogP contribution in [0.2, 0.25) is 0 Å². The van der Waals surface area contributed by atoms with E-state index in [-0.39, 0.29) is 30.1 Å². The molecule has 1 aliphatic rings. The van der Waals surface area contributed by atoms with Crippen LogP contribution in [0.5, 0.6) is 5.75 Å². The highest BCUT2D eigenvalue weighted by Crippen LogP contribution is 2.40. The third-order valence-corrected chi connectivity index (χ3v) is 6.72. The maximum absolute atomic E-state index is 10.4. The van der Waals surface area contributed by atoms with E-state index in [1.54, 1.807) is 7.11 Å². The zero-order valence-corrected chi connectivity index (χ0v) is 18.0. The van der Waals surface area contributed by atoms with Gasteiger partial charge in [-0.2, -0.15) is 0 Å². The molecule has 0 unspecified atom stereocenters. The molecule has 2 rings (SSSR count). The Kier molecular flexibility index (Phi) is 7.98. The molecule has 1 saturated heterocycles. The number of benzene rings is 1. The van der Waals surface area contributed by atoms with Crippen LogP contribution in [-0.2, 0) is 9.47 Å². The highest BCUT2D eigenvalue weighted by molar-refractivity contribution is 14.1. The van der Waals surface area contributed by atoms with Gasteiger partial charge in [-0.05, 0) is 24.5 Å². The van der Waals surface area contributed by atoms with E-state index in [2.05, 4.69) is 43.4 Å². The van der Waals surface area contributed by atoms with Crippen LogP contribution >= 0.6 is 22.6 Å². The molecule has 1 aromatic carbocycles. The molecule has 0 aliphatic carbocycles. The van der Waals surface area contributed by atoms with Crippen molar-refractivity contribution in [2.45, 2.75) is 58.7 Å². The van der Waals surface area contributed by atoms with Gasteiger partial charge in [0, 0.05) is 21.8 Å². The summed E-state index contributed by atoms with van der Waals surface area (Å²) in [4.78, 5) is 0. The molecular weight excluding hydrogens is 431 g/mol. The van der Waals surface area contributed by atoms with Crippen molar-refractivity contribution in [2.24, 2.45) is 17.8 Å². The number of ether oxygens (including phenoxy) is 3. The summed E-state index contributed by atoms with van der Waals surface area (Å²) in [5.41, 5.74) is 0.988. The maximum atomic E-state index is 10.4. The average Bonchev–Trinajstić information content (AvgIpc) is 2.66. The molecule has 0 amide bonds. The summed E-state index contributed by atoms with van der Waals surface area (Å²) in [5, 5.41) is 10.4. The molecule has 0 radical (unpaired) electrons. The number of aliphatic hydroxyl groups excluding tert-OH is 1. The van der Waals surface area contributed by atoms with Crippen LogP contribution in [0.25, 0.3) is 0 Å². The van der Waals surface area contributed by atoms with E-state index < -0.39 is 6.29 Å². The van der Waals surface area contributed by atoms with Crippen LogP contribution in [-0.4, -0.2) is 35.0 Å². The monoisotopic (exact) mass is 462 g/mol. The number of hydrogen-bond donors (Lipinski definition) is 1. The van der Waals surface area contributed by atoms with Crippen molar-refractivity contribution in [3.8, 4) is 5.75 Å². The lowest BCUT2D eigenvalue weighted by Crippen LogP contribution is -2.49. The second kappa shape index (κ2) is 9.53. The van der Waals surface area contributed by atoms with Crippen molar-refractivity contribution >= 4 is 22.6 Å². The zero-order valence-electron chi connectivity index (χ0n) is 15.8. The molecule has 4 nitrogen and oxygen atoms in total. The minimum Gasteiger partial charge on any atom is -0.497 e. The third-order valence-electron chi connectivity index (χ3n) is 5.33. The first-order valence-corrected chi connectivity index (χ1v) is 10.6. The number of aliphatic hydroxyl groups is 1. The molecule has 0 saturated carbocycles. The summed E-state index contributed by atoms with van der Waals surface area (Å²) >= 11 is 2.42. The molecule has 1 N–H and O–H groups in total. The fraction of sp³-hybridized carbons (Fsp3) is 0.700. The number of alkyl halides is 1. The SMILES string of the molecule is CC[C@@H](O)[C@H](C)[C@@H]1O[C@H](c2ccc(OC)cc2)O[C@@H]([C@H](C)CI)[C@@H]1C. The highest BCUT2D eigenvalue weighted by atomic mass is 127. The van der Waals surface area contributed by atoms with Crippen LogP contribution in [0.1, 0.15) is 46.0 Å².